The van der Waals surface area contributed by atoms with Gasteiger partial charge in [-0.25, -0.2) is 0 Å². The summed E-state index contributed by atoms with van der Waals surface area (Å²) < 4.78 is 0. The molecule has 3 aliphatic heterocycles. The lowest BCUT2D eigenvalue weighted by atomic mass is 9.84. The molecule has 3 spiro atoms. The highest BCUT2D eigenvalue weighted by Gasteiger charge is 2.96. The lowest BCUT2D eigenvalue weighted by Gasteiger charge is -2.19. The molecule has 7 nitrogen and oxygen atoms in total. The lowest BCUT2D eigenvalue weighted by Crippen LogP contribution is -2.55. The molecule has 0 amide bonds. The van der Waals surface area contributed by atoms with E-state index < -0.39 is 17.4 Å². The summed E-state index contributed by atoms with van der Waals surface area (Å²) in [6, 6.07) is 0. The van der Waals surface area contributed by atoms with Crippen molar-refractivity contribution in [2.75, 3.05) is 0 Å². The Labute approximate surface area is 71.2 Å². The largest absolute Gasteiger partial charge is 0.358 e. The molecule has 70 valence electrons. The Kier molecular flexibility index (Phi) is 0.807. The predicted molar refractivity (Wildman–Crippen MR) is 28.9 cm³/mol. The molecule has 4 fully saturated rings. The number of rotatable bonds is 0. The molecule has 4 aliphatic rings. The third-order valence-corrected chi connectivity index (χ3v) is 2.77. The van der Waals surface area contributed by atoms with Crippen LogP contribution in [0.1, 0.15) is 12.8 Å². The van der Waals surface area contributed by atoms with E-state index in [1.807, 2.05) is 0 Å². The van der Waals surface area contributed by atoms with Crippen LogP contribution in [0.25, 0.3) is 0 Å². The third-order valence-electron chi connectivity index (χ3n) is 2.77. The zero-order valence-electron chi connectivity index (χ0n) is 6.27. The van der Waals surface area contributed by atoms with Crippen LogP contribution in [-0.4, -0.2) is 23.1 Å². The second kappa shape index (κ2) is 1.54. The van der Waals surface area contributed by atoms with E-state index in [-0.39, 0.29) is 12.2 Å². The van der Waals surface area contributed by atoms with Gasteiger partial charge in [-0.05, 0) is 0 Å². The van der Waals surface area contributed by atoms with Gasteiger partial charge in [-0.1, -0.05) is 0 Å². The van der Waals surface area contributed by atoms with E-state index >= 15 is 0 Å². The topological polar surface area (TPSA) is 92.2 Å². The highest BCUT2D eigenvalue weighted by atomic mass is 17.5. The zero-order chi connectivity index (χ0) is 8.73. The molecule has 3 heterocycles. The summed E-state index contributed by atoms with van der Waals surface area (Å²) in [6.45, 7) is 0. The first kappa shape index (κ1) is 6.82. The van der Waals surface area contributed by atoms with Crippen molar-refractivity contribution >= 4 is 5.78 Å². The molecular formula is C6H4O7. The Hall–Kier alpha value is -0.570. The number of hydrogen-bond donors (Lipinski definition) is 0. The van der Waals surface area contributed by atoms with Gasteiger partial charge in [-0.3, -0.25) is 4.79 Å². The van der Waals surface area contributed by atoms with Gasteiger partial charge in [0.25, 0.3) is 5.79 Å². The smallest absolute Gasteiger partial charge is 0.293 e. The van der Waals surface area contributed by atoms with Gasteiger partial charge in [0.2, 0.25) is 5.78 Å². The van der Waals surface area contributed by atoms with Gasteiger partial charge in [-0.2, -0.15) is 29.3 Å². The summed E-state index contributed by atoms with van der Waals surface area (Å²) in [7, 11) is 0. The van der Waals surface area contributed by atoms with Crippen LogP contribution in [0.4, 0.5) is 0 Å². The molecule has 0 aromatic carbocycles. The number of ketones is 1. The molecule has 4 rings (SSSR count). The van der Waals surface area contributed by atoms with E-state index in [1.54, 1.807) is 0 Å². The number of carbonyl (C=O) groups excluding carboxylic acids is 1. The fourth-order valence-corrected chi connectivity index (χ4v) is 1.81. The SMILES string of the molecule is O=C1CCC2(OO2)C2(OO2)C12OO2. The van der Waals surface area contributed by atoms with Crippen LogP contribution >= 0.6 is 0 Å². The van der Waals surface area contributed by atoms with Gasteiger partial charge in [0.1, 0.15) is 0 Å². The van der Waals surface area contributed by atoms with Gasteiger partial charge in [0.15, 0.2) is 0 Å². The van der Waals surface area contributed by atoms with Gasteiger partial charge in [0.05, 0.1) is 0 Å². The first-order chi connectivity index (χ1) is 6.25. The molecule has 0 unspecified atom stereocenters. The Balaban J connectivity index is 1.85. The maximum absolute atomic E-state index is 11.4. The Morgan fingerprint density at radius 2 is 1.69 bits per heavy atom. The van der Waals surface area contributed by atoms with Crippen LogP contribution < -0.4 is 0 Å². The molecule has 0 N–H and O–H groups in total. The second-order valence-corrected chi connectivity index (χ2v) is 3.41. The second-order valence-electron chi connectivity index (χ2n) is 3.41. The third kappa shape index (κ3) is 0.515. The van der Waals surface area contributed by atoms with E-state index in [4.69, 9.17) is 19.6 Å². The van der Waals surface area contributed by atoms with E-state index in [0.29, 0.717) is 6.42 Å². The zero-order valence-corrected chi connectivity index (χ0v) is 6.27. The Bertz CT molecular complexity index is 311. The van der Waals surface area contributed by atoms with Crippen LogP contribution in [-0.2, 0) is 34.1 Å². The van der Waals surface area contributed by atoms with Gasteiger partial charge in [-0.15, -0.1) is 0 Å². The normalized spacial score (nSPS) is 39.8. The number of carbonyl (C=O) groups is 1. The fraction of sp³-hybridized carbons (Fsp3) is 0.833. The molecule has 0 aromatic rings. The minimum atomic E-state index is -1.44. The first-order valence-corrected chi connectivity index (χ1v) is 3.89. The maximum Gasteiger partial charge on any atom is 0.358 e. The molecule has 3 saturated heterocycles. The summed E-state index contributed by atoms with van der Waals surface area (Å²) in [4.78, 5) is 39.8. The Morgan fingerprint density at radius 1 is 1.00 bits per heavy atom. The molecule has 0 atom stereocenters. The van der Waals surface area contributed by atoms with Crippen molar-refractivity contribution in [3.05, 3.63) is 0 Å². The van der Waals surface area contributed by atoms with Gasteiger partial charge >= 0.3 is 11.6 Å². The fourth-order valence-electron chi connectivity index (χ4n) is 1.81. The van der Waals surface area contributed by atoms with Crippen LogP contribution in [0.5, 0.6) is 0 Å². The van der Waals surface area contributed by atoms with Crippen LogP contribution in [0, 0.1) is 0 Å². The molecule has 0 aromatic heterocycles. The molecule has 0 radical (unpaired) electrons. The predicted octanol–water partition coefficient (Wildman–Crippen LogP) is -0.676. The quantitative estimate of drug-likeness (QED) is 0.367. The van der Waals surface area contributed by atoms with E-state index in [9.17, 15) is 4.79 Å². The number of hydrogen-bond acceptors (Lipinski definition) is 7. The van der Waals surface area contributed by atoms with Crippen LogP contribution in [0.3, 0.4) is 0 Å². The highest BCUT2D eigenvalue weighted by molar-refractivity contribution is 5.90. The first-order valence-electron chi connectivity index (χ1n) is 3.89. The monoisotopic (exact) mass is 188 g/mol. The molecule has 1 aliphatic carbocycles. The molecular weight excluding hydrogens is 184 g/mol. The summed E-state index contributed by atoms with van der Waals surface area (Å²) >= 11 is 0. The average molecular weight is 188 g/mol. The van der Waals surface area contributed by atoms with E-state index in [2.05, 4.69) is 9.78 Å². The van der Waals surface area contributed by atoms with Crippen molar-refractivity contribution in [1.29, 1.82) is 0 Å². The van der Waals surface area contributed by atoms with Crippen molar-refractivity contribution in [3.8, 4) is 0 Å². The summed E-state index contributed by atoms with van der Waals surface area (Å²) in [5.41, 5.74) is 0. The summed E-state index contributed by atoms with van der Waals surface area (Å²) in [5, 5.41) is 0. The Morgan fingerprint density at radius 3 is 2.15 bits per heavy atom. The minimum Gasteiger partial charge on any atom is -0.293 e. The maximum atomic E-state index is 11.4. The van der Waals surface area contributed by atoms with Gasteiger partial charge < -0.3 is 0 Å². The molecule has 1 saturated carbocycles. The van der Waals surface area contributed by atoms with E-state index in [1.165, 1.54) is 0 Å². The van der Waals surface area contributed by atoms with Crippen LogP contribution in [0.2, 0.25) is 0 Å². The van der Waals surface area contributed by atoms with Crippen molar-refractivity contribution < 1.29 is 34.1 Å². The molecule has 0 bridgehead atoms. The average Bonchev–Trinajstić information content (AvgIpc) is 2.97. The summed E-state index contributed by atoms with van der Waals surface area (Å²) in [6.07, 6.45) is 0.648. The lowest BCUT2D eigenvalue weighted by molar-refractivity contribution is -0.135. The summed E-state index contributed by atoms with van der Waals surface area (Å²) in [5.74, 6) is -3.98. The van der Waals surface area contributed by atoms with Crippen molar-refractivity contribution in [2.24, 2.45) is 0 Å². The standard InChI is InChI=1S/C6H4O7/c7-3-1-2-4(8-9-4)6(12-13-6)5(3)10-11-5/h1-2H2. The number of fused-ring (bicyclic) bond motifs is 2. The molecule has 13 heavy (non-hydrogen) atoms. The highest BCUT2D eigenvalue weighted by Crippen LogP contribution is 2.67. The van der Waals surface area contributed by atoms with Crippen molar-refractivity contribution in [2.45, 2.75) is 30.2 Å². The van der Waals surface area contributed by atoms with E-state index in [0.717, 1.165) is 0 Å². The number of Topliss-reactive ketones (excluding diaryl/α,β-unsaturated/α-hetero) is 1. The van der Waals surface area contributed by atoms with Crippen molar-refractivity contribution in [1.82, 2.24) is 0 Å². The van der Waals surface area contributed by atoms with Crippen molar-refractivity contribution in [3.63, 3.8) is 0 Å². The molecule has 7 heteroatoms. The van der Waals surface area contributed by atoms with Crippen LogP contribution in [0.15, 0.2) is 0 Å². The van der Waals surface area contributed by atoms with Gasteiger partial charge in [0, 0.05) is 12.8 Å². The minimum absolute atomic E-state index is 0.213.